The summed E-state index contributed by atoms with van der Waals surface area (Å²) in [5.41, 5.74) is 4.75. The van der Waals surface area contributed by atoms with Gasteiger partial charge in [-0.05, 0) is 42.3 Å². The Balaban J connectivity index is 1.74. The van der Waals surface area contributed by atoms with Gasteiger partial charge in [-0.2, -0.15) is 5.10 Å². The van der Waals surface area contributed by atoms with Crippen LogP contribution in [0.4, 0.5) is 0 Å². The molecule has 0 aliphatic rings. The van der Waals surface area contributed by atoms with Crippen molar-refractivity contribution >= 4 is 35.3 Å². The van der Waals surface area contributed by atoms with Gasteiger partial charge in [0, 0.05) is 6.20 Å². The number of halogens is 2. The molecule has 7 heteroatoms. The molecule has 5 nitrogen and oxygen atoms in total. The first kappa shape index (κ1) is 19.9. The van der Waals surface area contributed by atoms with Crippen molar-refractivity contribution in [2.45, 2.75) is 13.5 Å². The highest BCUT2D eigenvalue weighted by Gasteiger charge is 2.11. The van der Waals surface area contributed by atoms with Crippen LogP contribution in [-0.4, -0.2) is 16.7 Å². The van der Waals surface area contributed by atoms with Crippen LogP contribution >= 0.6 is 23.2 Å². The highest BCUT2D eigenvalue weighted by molar-refractivity contribution is 6.42. The van der Waals surface area contributed by atoms with Gasteiger partial charge in [0.1, 0.15) is 5.56 Å². The van der Waals surface area contributed by atoms with E-state index in [1.54, 1.807) is 30.5 Å². The Morgan fingerprint density at radius 1 is 1.11 bits per heavy atom. The number of nitrogens with one attached hydrogen (secondary N) is 1. The molecule has 28 heavy (non-hydrogen) atoms. The van der Waals surface area contributed by atoms with Gasteiger partial charge < -0.3 is 4.57 Å². The maximum absolute atomic E-state index is 12.6. The lowest BCUT2D eigenvalue weighted by Gasteiger charge is -2.08. The minimum atomic E-state index is -0.583. The molecular weight excluding hydrogens is 397 g/mol. The topological polar surface area (TPSA) is 63.5 Å². The molecule has 0 radical (unpaired) electrons. The Kier molecular flexibility index (Phi) is 6.29. The van der Waals surface area contributed by atoms with E-state index in [9.17, 15) is 9.59 Å². The zero-order valence-corrected chi connectivity index (χ0v) is 16.5. The molecule has 0 bridgehead atoms. The van der Waals surface area contributed by atoms with Crippen LogP contribution in [0.15, 0.2) is 70.7 Å². The number of aromatic nitrogens is 1. The van der Waals surface area contributed by atoms with Crippen LogP contribution in [-0.2, 0) is 6.54 Å². The van der Waals surface area contributed by atoms with E-state index in [0.29, 0.717) is 22.2 Å². The minimum absolute atomic E-state index is 0.0152. The van der Waals surface area contributed by atoms with Crippen molar-refractivity contribution in [1.82, 2.24) is 9.99 Å². The van der Waals surface area contributed by atoms with E-state index in [1.165, 1.54) is 16.8 Å². The van der Waals surface area contributed by atoms with Crippen molar-refractivity contribution in [3.63, 3.8) is 0 Å². The lowest BCUT2D eigenvalue weighted by molar-refractivity contribution is 0.0953. The summed E-state index contributed by atoms with van der Waals surface area (Å²) in [5.74, 6) is -0.583. The van der Waals surface area contributed by atoms with Gasteiger partial charge in [0.2, 0.25) is 0 Å². The van der Waals surface area contributed by atoms with Gasteiger partial charge in [-0.25, -0.2) is 5.43 Å². The molecule has 1 N–H and O–H groups in total. The number of carbonyl (C=O) groups excluding carboxylic acids is 1. The summed E-state index contributed by atoms with van der Waals surface area (Å²) in [7, 11) is 0. The monoisotopic (exact) mass is 413 g/mol. The molecule has 2 aromatic carbocycles. The number of aryl methyl sites for hydroxylation is 1. The standard InChI is InChI=1S/C21H17Cl2N3O2/c1-14-4-2-5-16(10-14)13-26-9-3-6-17(21(26)28)20(27)25-24-12-15-7-8-18(22)19(23)11-15/h2-12H,13H2,1H3,(H,25,27)/b24-12-. The summed E-state index contributed by atoms with van der Waals surface area (Å²) in [6.07, 6.45) is 3.08. The number of rotatable bonds is 5. The summed E-state index contributed by atoms with van der Waals surface area (Å²) in [6.45, 7) is 2.37. The summed E-state index contributed by atoms with van der Waals surface area (Å²) in [5, 5.41) is 4.70. The molecule has 1 heterocycles. The number of hydrazone groups is 1. The maximum Gasteiger partial charge on any atom is 0.276 e. The quantitative estimate of drug-likeness (QED) is 0.501. The maximum atomic E-state index is 12.6. The number of amides is 1. The number of carbonyl (C=O) groups is 1. The zero-order valence-electron chi connectivity index (χ0n) is 15.0. The highest BCUT2D eigenvalue weighted by Crippen LogP contribution is 2.21. The molecule has 0 spiro atoms. The minimum Gasteiger partial charge on any atom is -0.310 e. The molecule has 1 aromatic heterocycles. The van der Waals surface area contributed by atoms with Crippen molar-refractivity contribution in [3.8, 4) is 0 Å². The smallest absolute Gasteiger partial charge is 0.276 e. The number of nitrogens with zero attached hydrogens (tertiary/aromatic N) is 2. The number of hydrogen-bond acceptors (Lipinski definition) is 3. The van der Waals surface area contributed by atoms with Crippen molar-refractivity contribution in [3.05, 3.63) is 103 Å². The third kappa shape index (κ3) is 4.88. The van der Waals surface area contributed by atoms with E-state index in [0.717, 1.165) is 11.1 Å². The Labute approximate surface area is 172 Å². The van der Waals surface area contributed by atoms with E-state index in [1.807, 2.05) is 31.2 Å². The SMILES string of the molecule is Cc1cccc(Cn2cccc(C(=O)N/N=C\c3ccc(Cl)c(Cl)c3)c2=O)c1. The molecule has 0 aliphatic heterocycles. The molecule has 3 aromatic rings. The molecule has 0 aliphatic carbocycles. The second-order valence-electron chi connectivity index (χ2n) is 6.22. The second-order valence-corrected chi connectivity index (χ2v) is 7.03. The van der Waals surface area contributed by atoms with Crippen LogP contribution in [0.3, 0.4) is 0 Å². The van der Waals surface area contributed by atoms with Crippen molar-refractivity contribution < 1.29 is 4.79 Å². The van der Waals surface area contributed by atoms with Crippen LogP contribution in [0.25, 0.3) is 0 Å². The van der Waals surface area contributed by atoms with E-state index in [-0.39, 0.29) is 11.1 Å². The fraction of sp³-hybridized carbons (Fsp3) is 0.0952. The van der Waals surface area contributed by atoms with Gasteiger partial charge in [0.25, 0.3) is 11.5 Å². The first-order valence-corrected chi connectivity index (χ1v) is 9.23. The second kappa shape index (κ2) is 8.87. The zero-order chi connectivity index (χ0) is 20.1. The molecule has 3 rings (SSSR count). The van der Waals surface area contributed by atoms with Crippen molar-refractivity contribution in [1.29, 1.82) is 0 Å². The van der Waals surface area contributed by atoms with Crippen LogP contribution in [0.2, 0.25) is 10.0 Å². The molecular formula is C21H17Cl2N3O2. The molecule has 0 saturated heterocycles. The average Bonchev–Trinajstić information content (AvgIpc) is 2.66. The Morgan fingerprint density at radius 3 is 2.68 bits per heavy atom. The predicted molar refractivity (Wildman–Crippen MR) is 113 cm³/mol. The normalized spacial score (nSPS) is 11.0. The fourth-order valence-corrected chi connectivity index (χ4v) is 2.97. The van der Waals surface area contributed by atoms with Crippen LogP contribution < -0.4 is 11.0 Å². The van der Waals surface area contributed by atoms with Gasteiger partial charge in [-0.1, -0.05) is 59.1 Å². The Morgan fingerprint density at radius 2 is 1.93 bits per heavy atom. The van der Waals surface area contributed by atoms with Crippen LogP contribution in [0.1, 0.15) is 27.0 Å². The van der Waals surface area contributed by atoms with Crippen molar-refractivity contribution in [2.24, 2.45) is 5.10 Å². The molecule has 1 amide bonds. The summed E-state index contributed by atoms with van der Waals surface area (Å²) < 4.78 is 1.49. The first-order valence-electron chi connectivity index (χ1n) is 8.47. The average molecular weight is 414 g/mol. The molecule has 0 saturated carbocycles. The van der Waals surface area contributed by atoms with Gasteiger partial charge in [0.05, 0.1) is 22.8 Å². The van der Waals surface area contributed by atoms with Gasteiger partial charge >= 0.3 is 0 Å². The van der Waals surface area contributed by atoms with Crippen molar-refractivity contribution in [2.75, 3.05) is 0 Å². The highest BCUT2D eigenvalue weighted by atomic mass is 35.5. The van der Waals surface area contributed by atoms with E-state index in [4.69, 9.17) is 23.2 Å². The lowest BCUT2D eigenvalue weighted by Crippen LogP contribution is -2.30. The van der Waals surface area contributed by atoms with Crippen LogP contribution in [0.5, 0.6) is 0 Å². The third-order valence-electron chi connectivity index (χ3n) is 4.02. The van der Waals surface area contributed by atoms with E-state index in [2.05, 4.69) is 10.5 Å². The van der Waals surface area contributed by atoms with Gasteiger partial charge in [-0.3, -0.25) is 9.59 Å². The summed E-state index contributed by atoms with van der Waals surface area (Å²) in [4.78, 5) is 25.0. The van der Waals surface area contributed by atoms with Gasteiger partial charge in [-0.15, -0.1) is 0 Å². The van der Waals surface area contributed by atoms with E-state index < -0.39 is 5.91 Å². The number of benzene rings is 2. The first-order chi connectivity index (χ1) is 13.4. The predicted octanol–water partition coefficient (Wildman–Crippen LogP) is 4.28. The Bertz CT molecular complexity index is 1110. The van der Waals surface area contributed by atoms with E-state index >= 15 is 0 Å². The third-order valence-corrected chi connectivity index (χ3v) is 4.76. The summed E-state index contributed by atoms with van der Waals surface area (Å²) >= 11 is 11.8. The summed E-state index contributed by atoms with van der Waals surface area (Å²) in [6, 6.07) is 16.0. The van der Waals surface area contributed by atoms with Crippen LogP contribution in [0, 0.1) is 6.92 Å². The molecule has 0 unspecified atom stereocenters. The van der Waals surface area contributed by atoms with Gasteiger partial charge in [0.15, 0.2) is 0 Å². The Hall–Kier alpha value is -2.89. The molecule has 0 fully saturated rings. The number of hydrogen-bond donors (Lipinski definition) is 1. The molecule has 0 atom stereocenters. The fourth-order valence-electron chi connectivity index (χ4n) is 2.66. The lowest BCUT2D eigenvalue weighted by atomic mass is 10.1. The number of pyridine rings is 1. The largest absolute Gasteiger partial charge is 0.310 e. The molecule has 142 valence electrons.